The van der Waals surface area contributed by atoms with Gasteiger partial charge in [-0.3, -0.25) is 4.79 Å². The van der Waals surface area contributed by atoms with E-state index in [-0.39, 0.29) is 5.91 Å². The Morgan fingerprint density at radius 2 is 1.92 bits per heavy atom. The van der Waals surface area contributed by atoms with Crippen LogP contribution in [0.1, 0.15) is 21.6 Å². The molecule has 0 aliphatic carbocycles. The Balaban J connectivity index is 1.47. The predicted molar refractivity (Wildman–Crippen MR) is 91.6 cm³/mol. The number of amides is 1. The molecule has 1 aromatic heterocycles. The second kappa shape index (κ2) is 5.92. The molecule has 24 heavy (non-hydrogen) atoms. The standard InChI is InChI=1S/C19H18N2O3/c1-12-2-4-14-10-16(21-15(14)8-12)19(22)20-11-13-3-5-17-18(9-13)24-7-6-23-17/h2-5,8-10,21H,6-7,11H2,1H3,(H,20,22). The number of benzene rings is 2. The Morgan fingerprint density at radius 1 is 1.08 bits per heavy atom. The van der Waals surface area contributed by atoms with Crippen molar-refractivity contribution >= 4 is 16.8 Å². The third kappa shape index (κ3) is 2.80. The zero-order chi connectivity index (χ0) is 16.5. The maximum atomic E-state index is 12.4. The summed E-state index contributed by atoms with van der Waals surface area (Å²) >= 11 is 0. The third-order valence-electron chi connectivity index (χ3n) is 4.08. The van der Waals surface area contributed by atoms with Crippen molar-refractivity contribution in [1.29, 1.82) is 0 Å². The van der Waals surface area contributed by atoms with Crippen molar-refractivity contribution in [3.63, 3.8) is 0 Å². The summed E-state index contributed by atoms with van der Waals surface area (Å²) in [5, 5.41) is 3.96. The highest BCUT2D eigenvalue weighted by atomic mass is 16.6. The van der Waals surface area contributed by atoms with Gasteiger partial charge < -0.3 is 19.8 Å². The maximum absolute atomic E-state index is 12.4. The molecule has 4 rings (SSSR count). The Bertz CT molecular complexity index is 914. The van der Waals surface area contributed by atoms with Crippen molar-refractivity contribution in [2.75, 3.05) is 13.2 Å². The lowest BCUT2D eigenvalue weighted by Crippen LogP contribution is -2.23. The van der Waals surface area contributed by atoms with Gasteiger partial charge in [0.15, 0.2) is 11.5 Å². The number of rotatable bonds is 3. The molecule has 0 fully saturated rings. The molecule has 2 aromatic carbocycles. The van der Waals surface area contributed by atoms with Gasteiger partial charge in [0.25, 0.3) is 5.91 Å². The van der Waals surface area contributed by atoms with E-state index in [0.717, 1.165) is 33.5 Å². The number of hydrogen-bond donors (Lipinski definition) is 2. The summed E-state index contributed by atoms with van der Waals surface area (Å²) in [4.78, 5) is 15.5. The van der Waals surface area contributed by atoms with E-state index < -0.39 is 0 Å². The van der Waals surface area contributed by atoms with Gasteiger partial charge in [-0.2, -0.15) is 0 Å². The number of ether oxygens (including phenoxy) is 2. The van der Waals surface area contributed by atoms with Crippen molar-refractivity contribution in [2.45, 2.75) is 13.5 Å². The van der Waals surface area contributed by atoms with Crippen LogP contribution in [-0.2, 0) is 6.54 Å². The van der Waals surface area contributed by atoms with Crippen molar-refractivity contribution < 1.29 is 14.3 Å². The van der Waals surface area contributed by atoms with Crippen molar-refractivity contribution in [1.82, 2.24) is 10.3 Å². The number of aryl methyl sites for hydroxylation is 1. The molecule has 0 radical (unpaired) electrons. The van der Waals surface area contributed by atoms with Gasteiger partial charge in [-0.1, -0.05) is 18.2 Å². The normalized spacial score (nSPS) is 13.0. The van der Waals surface area contributed by atoms with Crippen LogP contribution in [0, 0.1) is 6.92 Å². The van der Waals surface area contributed by atoms with E-state index >= 15 is 0 Å². The minimum atomic E-state index is -0.126. The number of carbonyl (C=O) groups excluding carboxylic acids is 1. The molecule has 1 aliphatic rings. The molecule has 2 heterocycles. The minimum Gasteiger partial charge on any atom is -0.486 e. The zero-order valence-corrected chi connectivity index (χ0v) is 13.4. The van der Waals surface area contributed by atoms with E-state index in [1.807, 2.05) is 49.4 Å². The summed E-state index contributed by atoms with van der Waals surface area (Å²) in [7, 11) is 0. The number of hydrogen-bond acceptors (Lipinski definition) is 3. The summed E-state index contributed by atoms with van der Waals surface area (Å²) in [6.45, 7) is 3.59. The lowest BCUT2D eigenvalue weighted by Gasteiger charge is -2.18. The summed E-state index contributed by atoms with van der Waals surface area (Å²) < 4.78 is 11.1. The monoisotopic (exact) mass is 322 g/mol. The Labute approximate surface area is 139 Å². The summed E-state index contributed by atoms with van der Waals surface area (Å²) in [6.07, 6.45) is 0. The first-order chi connectivity index (χ1) is 11.7. The molecule has 5 nitrogen and oxygen atoms in total. The fourth-order valence-corrected chi connectivity index (χ4v) is 2.84. The topological polar surface area (TPSA) is 63.4 Å². The van der Waals surface area contributed by atoms with E-state index in [9.17, 15) is 4.79 Å². The molecular formula is C19H18N2O3. The molecule has 3 aromatic rings. The summed E-state index contributed by atoms with van der Waals surface area (Å²) in [6, 6.07) is 13.7. The van der Waals surface area contributed by atoms with Crippen LogP contribution in [0.15, 0.2) is 42.5 Å². The van der Waals surface area contributed by atoms with Crippen LogP contribution < -0.4 is 14.8 Å². The fraction of sp³-hybridized carbons (Fsp3) is 0.211. The summed E-state index contributed by atoms with van der Waals surface area (Å²) in [5.41, 5.74) is 3.67. The number of aromatic amines is 1. The quantitative estimate of drug-likeness (QED) is 0.778. The molecule has 2 N–H and O–H groups in total. The molecule has 0 bridgehead atoms. The maximum Gasteiger partial charge on any atom is 0.267 e. The van der Waals surface area contributed by atoms with Crippen molar-refractivity contribution in [3.8, 4) is 11.5 Å². The molecule has 1 aliphatic heterocycles. The molecule has 122 valence electrons. The lowest BCUT2D eigenvalue weighted by atomic mass is 10.2. The molecular weight excluding hydrogens is 304 g/mol. The molecule has 5 heteroatoms. The van der Waals surface area contributed by atoms with Crippen molar-refractivity contribution in [3.05, 3.63) is 59.3 Å². The third-order valence-corrected chi connectivity index (χ3v) is 4.08. The number of H-pyrrole nitrogens is 1. The van der Waals surface area contributed by atoms with E-state index in [4.69, 9.17) is 9.47 Å². The average Bonchev–Trinajstić information content (AvgIpc) is 3.02. The highest BCUT2D eigenvalue weighted by Crippen LogP contribution is 2.30. The van der Waals surface area contributed by atoms with Crippen LogP contribution in [-0.4, -0.2) is 24.1 Å². The largest absolute Gasteiger partial charge is 0.486 e. The highest BCUT2D eigenvalue weighted by molar-refractivity contribution is 5.98. The van der Waals surface area contributed by atoms with Crippen LogP contribution in [0.4, 0.5) is 0 Å². The highest BCUT2D eigenvalue weighted by Gasteiger charge is 2.13. The smallest absolute Gasteiger partial charge is 0.267 e. The molecule has 1 amide bonds. The van der Waals surface area contributed by atoms with E-state index in [1.165, 1.54) is 0 Å². The van der Waals surface area contributed by atoms with E-state index in [0.29, 0.717) is 25.5 Å². The van der Waals surface area contributed by atoms with Crippen LogP contribution in [0.25, 0.3) is 10.9 Å². The van der Waals surface area contributed by atoms with Gasteiger partial charge in [-0.15, -0.1) is 0 Å². The van der Waals surface area contributed by atoms with Gasteiger partial charge in [-0.05, 0) is 42.3 Å². The SMILES string of the molecule is Cc1ccc2cc(C(=O)NCc3ccc4c(c3)OCCO4)[nH]c2c1. The van der Waals surface area contributed by atoms with Crippen LogP contribution in [0.5, 0.6) is 11.5 Å². The molecule has 0 saturated carbocycles. The summed E-state index contributed by atoms with van der Waals surface area (Å²) in [5.74, 6) is 1.36. The number of aromatic nitrogens is 1. The first-order valence-corrected chi connectivity index (χ1v) is 7.95. The van der Waals surface area contributed by atoms with Gasteiger partial charge in [-0.25, -0.2) is 0 Å². The zero-order valence-electron chi connectivity index (χ0n) is 13.4. The second-order valence-corrected chi connectivity index (χ2v) is 5.93. The van der Waals surface area contributed by atoms with Gasteiger partial charge in [0.05, 0.1) is 0 Å². The number of fused-ring (bicyclic) bond motifs is 2. The Morgan fingerprint density at radius 3 is 2.79 bits per heavy atom. The first kappa shape index (κ1) is 14.6. The molecule has 0 atom stereocenters. The predicted octanol–water partition coefficient (Wildman–Crippen LogP) is 3.18. The van der Waals surface area contributed by atoms with Gasteiger partial charge in [0.2, 0.25) is 0 Å². The fourth-order valence-electron chi connectivity index (χ4n) is 2.84. The average molecular weight is 322 g/mol. The van der Waals surface area contributed by atoms with Crippen LogP contribution in [0.3, 0.4) is 0 Å². The first-order valence-electron chi connectivity index (χ1n) is 7.95. The van der Waals surface area contributed by atoms with E-state index in [1.54, 1.807) is 0 Å². The molecule has 0 unspecified atom stereocenters. The number of carbonyl (C=O) groups is 1. The van der Waals surface area contributed by atoms with Gasteiger partial charge >= 0.3 is 0 Å². The number of nitrogens with one attached hydrogen (secondary N) is 2. The Hall–Kier alpha value is -2.95. The van der Waals surface area contributed by atoms with Crippen LogP contribution >= 0.6 is 0 Å². The molecule has 0 saturated heterocycles. The second-order valence-electron chi connectivity index (χ2n) is 5.93. The lowest BCUT2D eigenvalue weighted by molar-refractivity contribution is 0.0946. The van der Waals surface area contributed by atoms with Crippen LogP contribution in [0.2, 0.25) is 0 Å². The van der Waals surface area contributed by atoms with E-state index in [2.05, 4.69) is 10.3 Å². The van der Waals surface area contributed by atoms with Gasteiger partial charge in [0.1, 0.15) is 18.9 Å². The molecule has 0 spiro atoms. The Kier molecular flexibility index (Phi) is 3.61. The van der Waals surface area contributed by atoms with Crippen molar-refractivity contribution in [2.24, 2.45) is 0 Å². The minimum absolute atomic E-state index is 0.126. The van der Waals surface area contributed by atoms with Gasteiger partial charge in [0, 0.05) is 17.4 Å².